The van der Waals surface area contributed by atoms with E-state index < -0.39 is 5.56 Å². The molecule has 0 bridgehead atoms. The molecule has 6 nitrogen and oxygen atoms in total. The summed E-state index contributed by atoms with van der Waals surface area (Å²) in [6, 6.07) is 2.47. The molecular formula is C13H19N3O3. The standard InChI is InChI=1S/C13H19N3O3/c14-7-8-3-1-2-4-10(8)15-13(19)9-5-11(17)16-12(18)6-9/h5-6,8,10H,1-4,7,14H2,(H,15,19)(H2,16,17,18). The number of rotatable bonds is 3. The highest BCUT2D eigenvalue weighted by molar-refractivity contribution is 5.94. The van der Waals surface area contributed by atoms with E-state index in [1.165, 1.54) is 12.1 Å². The summed E-state index contributed by atoms with van der Waals surface area (Å²) in [6.07, 6.45) is 4.13. The second kappa shape index (κ2) is 5.88. The molecule has 6 heteroatoms. The van der Waals surface area contributed by atoms with Gasteiger partial charge in [0.05, 0.1) is 5.56 Å². The monoisotopic (exact) mass is 265 g/mol. The fraction of sp³-hybridized carbons (Fsp3) is 0.538. The highest BCUT2D eigenvalue weighted by atomic mass is 16.3. The molecule has 104 valence electrons. The van der Waals surface area contributed by atoms with E-state index in [0.717, 1.165) is 25.7 Å². The summed E-state index contributed by atoms with van der Waals surface area (Å²) >= 11 is 0. The zero-order valence-electron chi connectivity index (χ0n) is 10.7. The van der Waals surface area contributed by atoms with Crippen LogP contribution in [-0.2, 0) is 0 Å². The van der Waals surface area contributed by atoms with Crippen molar-refractivity contribution in [3.05, 3.63) is 28.0 Å². The molecular weight excluding hydrogens is 246 g/mol. The number of H-pyrrole nitrogens is 1. The van der Waals surface area contributed by atoms with Gasteiger partial charge in [0.2, 0.25) is 0 Å². The van der Waals surface area contributed by atoms with Crippen LogP contribution in [-0.4, -0.2) is 28.6 Å². The van der Waals surface area contributed by atoms with E-state index in [1.807, 2.05) is 0 Å². The van der Waals surface area contributed by atoms with E-state index in [0.29, 0.717) is 6.54 Å². The number of carbonyl (C=O) groups is 1. The molecule has 19 heavy (non-hydrogen) atoms. The quantitative estimate of drug-likeness (QED) is 0.631. The highest BCUT2D eigenvalue weighted by Gasteiger charge is 2.25. The second-order valence-electron chi connectivity index (χ2n) is 4.98. The average Bonchev–Trinajstić information content (AvgIpc) is 2.38. The lowest BCUT2D eigenvalue weighted by molar-refractivity contribution is 0.0907. The van der Waals surface area contributed by atoms with Crippen LogP contribution in [0.25, 0.3) is 0 Å². The first-order valence-corrected chi connectivity index (χ1v) is 6.54. The summed E-state index contributed by atoms with van der Waals surface area (Å²) in [6.45, 7) is 0.547. The largest absolute Gasteiger partial charge is 0.494 e. The molecule has 1 aromatic rings. The Labute approximate surface area is 111 Å². The van der Waals surface area contributed by atoms with Crippen molar-refractivity contribution >= 4 is 5.91 Å². The molecule has 2 unspecified atom stereocenters. The van der Waals surface area contributed by atoms with E-state index in [-0.39, 0.29) is 29.3 Å². The van der Waals surface area contributed by atoms with Gasteiger partial charge in [-0.15, -0.1) is 0 Å². The minimum absolute atomic E-state index is 0.0488. The van der Waals surface area contributed by atoms with Crippen molar-refractivity contribution in [2.75, 3.05) is 6.54 Å². The van der Waals surface area contributed by atoms with Gasteiger partial charge in [0.25, 0.3) is 11.5 Å². The lowest BCUT2D eigenvalue weighted by atomic mass is 9.84. The van der Waals surface area contributed by atoms with Crippen LogP contribution in [0.4, 0.5) is 0 Å². The predicted octanol–water partition coefficient (Wildman–Crippen LogP) is 0.328. The smallest absolute Gasteiger partial charge is 0.251 e. The van der Waals surface area contributed by atoms with Crippen molar-refractivity contribution in [1.29, 1.82) is 0 Å². The zero-order chi connectivity index (χ0) is 13.8. The molecule has 1 aromatic heterocycles. The molecule has 0 aromatic carbocycles. The SMILES string of the molecule is NCC1CCCCC1NC(=O)c1cc(O)[nH]c(=O)c1. The predicted molar refractivity (Wildman–Crippen MR) is 71.0 cm³/mol. The molecule has 1 saturated carbocycles. The maximum atomic E-state index is 12.1. The third-order valence-electron chi connectivity index (χ3n) is 3.62. The van der Waals surface area contributed by atoms with Gasteiger partial charge in [-0.3, -0.25) is 14.6 Å². The Morgan fingerprint density at radius 2 is 2.16 bits per heavy atom. The number of hydrogen-bond donors (Lipinski definition) is 4. The number of nitrogens with two attached hydrogens (primary N) is 1. The van der Waals surface area contributed by atoms with E-state index in [2.05, 4.69) is 10.3 Å². The number of amides is 1. The fourth-order valence-electron chi connectivity index (χ4n) is 2.59. The van der Waals surface area contributed by atoms with Gasteiger partial charge < -0.3 is 16.2 Å². The van der Waals surface area contributed by atoms with Crippen molar-refractivity contribution in [3.63, 3.8) is 0 Å². The summed E-state index contributed by atoms with van der Waals surface area (Å²) in [5, 5.41) is 12.2. The lowest BCUT2D eigenvalue weighted by Crippen LogP contribution is -2.44. The Morgan fingerprint density at radius 3 is 2.84 bits per heavy atom. The topological polar surface area (TPSA) is 108 Å². The summed E-state index contributed by atoms with van der Waals surface area (Å²) < 4.78 is 0. The van der Waals surface area contributed by atoms with Crippen molar-refractivity contribution in [2.45, 2.75) is 31.7 Å². The minimum Gasteiger partial charge on any atom is -0.494 e. The Kier molecular flexibility index (Phi) is 4.21. The van der Waals surface area contributed by atoms with Gasteiger partial charge in [0.1, 0.15) is 0 Å². The van der Waals surface area contributed by atoms with E-state index in [1.54, 1.807) is 0 Å². The summed E-state index contributed by atoms with van der Waals surface area (Å²) in [4.78, 5) is 25.5. The molecule has 1 aliphatic carbocycles. The summed E-state index contributed by atoms with van der Waals surface area (Å²) in [5.74, 6) is -0.364. The first-order chi connectivity index (χ1) is 9.10. The molecule has 1 fully saturated rings. The lowest BCUT2D eigenvalue weighted by Gasteiger charge is -2.31. The molecule has 5 N–H and O–H groups in total. The van der Waals surface area contributed by atoms with Crippen molar-refractivity contribution in [1.82, 2.24) is 10.3 Å². The number of carbonyl (C=O) groups excluding carboxylic acids is 1. The number of aromatic amines is 1. The van der Waals surface area contributed by atoms with Crippen LogP contribution in [0.1, 0.15) is 36.0 Å². The minimum atomic E-state index is -0.496. The number of hydrogen-bond acceptors (Lipinski definition) is 4. The second-order valence-corrected chi connectivity index (χ2v) is 4.98. The van der Waals surface area contributed by atoms with Gasteiger partial charge in [-0.05, 0) is 25.3 Å². The van der Waals surface area contributed by atoms with Crippen molar-refractivity contribution in [2.24, 2.45) is 11.7 Å². The number of aromatic nitrogens is 1. The van der Waals surface area contributed by atoms with Gasteiger partial charge >= 0.3 is 0 Å². The van der Waals surface area contributed by atoms with Gasteiger partial charge in [-0.25, -0.2) is 0 Å². The van der Waals surface area contributed by atoms with E-state index in [4.69, 9.17) is 5.73 Å². The van der Waals surface area contributed by atoms with Crippen LogP contribution in [0, 0.1) is 5.92 Å². The van der Waals surface area contributed by atoms with Crippen LogP contribution < -0.4 is 16.6 Å². The normalized spacial score (nSPS) is 23.0. The van der Waals surface area contributed by atoms with Crippen LogP contribution in [0.5, 0.6) is 5.88 Å². The van der Waals surface area contributed by atoms with Crippen LogP contribution >= 0.6 is 0 Å². The summed E-state index contributed by atoms with van der Waals surface area (Å²) in [5.41, 5.74) is 5.38. The zero-order valence-corrected chi connectivity index (χ0v) is 10.7. The van der Waals surface area contributed by atoms with Gasteiger partial charge in [0, 0.05) is 18.2 Å². The molecule has 2 atom stereocenters. The Hall–Kier alpha value is -1.82. The van der Waals surface area contributed by atoms with Gasteiger partial charge in [-0.2, -0.15) is 0 Å². The maximum Gasteiger partial charge on any atom is 0.251 e. The first kappa shape index (κ1) is 13.6. The molecule has 0 spiro atoms. The Balaban J connectivity index is 2.09. The molecule has 1 amide bonds. The highest BCUT2D eigenvalue weighted by Crippen LogP contribution is 2.23. The molecule has 1 heterocycles. The molecule has 1 aliphatic rings. The molecule has 0 radical (unpaired) electrons. The third-order valence-corrected chi connectivity index (χ3v) is 3.62. The summed E-state index contributed by atoms with van der Waals surface area (Å²) in [7, 11) is 0. The third kappa shape index (κ3) is 3.35. The van der Waals surface area contributed by atoms with E-state index >= 15 is 0 Å². The number of aromatic hydroxyl groups is 1. The van der Waals surface area contributed by atoms with Crippen molar-refractivity contribution in [3.8, 4) is 5.88 Å². The molecule has 0 saturated heterocycles. The maximum absolute atomic E-state index is 12.1. The van der Waals surface area contributed by atoms with E-state index in [9.17, 15) is 14.7 Å². The van der Waals surface area contributed by atoms with Gasteiger partial charge in [0.15, 0.2) is 5.88 Å². The van der Waals surface area contributed by atoms with Crippen LogP contribution in [0.15, 0.2) is 16.9 Å². The first-order valence-electron chi connectivity index (χ1n) is 6.54. The number of nitrogens with one attached hydrogen (secondary N) is 2. The Morgan fingerprint density at radius 1 is 1.42 bits per heavy atom. The van der Waals surface area contributed by atoms with Crippen LogP contribution in [0.2, 0.25) is 0 Å². The van der Waals surface area contributed by atoms with Crippen LogP contribution in [0.3, 0.4) is 0 Å². The van der Waals surface area contributed by atoms with Gasteiger partial charge in [-0.1, -0.05) is 12.8 Å². The fourth-order valence-corrected chi connectivity index (χ4v) is 2.59. The molecule has 0 aliphatic heterocycles. The number of pyridine rings is 1. The Bertz CT molecular complexity index is 512. The average molecular weight is 265 g/mol. The molecule has 2 rings (SSSR count). The van der Waals surface area contributed by atoms with Crippen molar-refractivity contribution < 1.29 is 9.90 Å².